The Balaban J connectivity index is 0.000000223. The van der Waals surface area contributed by atoms with E-state index in [-0.39, 0.29) is 79.7 Å². The minimum Gasteiger partial charge on any atom is -0.496 e. The summed E-state index contributed by atoms with van der Waals surface area (Å²) in [6.07, 6.45) is 27.2. The van der Waals surface area contributed by atoms with Gasteiger partial charge in [0.25, 0.3) is 41.5 Å². The lowest BCUT2D eigenvalue weighted by molar-refractivity contribution is -0.355. The normalized spacial score (nSPS) is 14.9. The van der Waals surface area contributed by atoms with Crippen molar-refractivity contribution in [3.8, 4) is 45.3 Å². The summed E-state index contributed by atoms with van der Waals surface area (Å²) < 4.78 is 36.2. The van der Waals surface area contributed by atoms with E-state index in [2.05, 4.69) is 43.3 Å². The molecular weight excluding hydrogens is 1600 g/mol. The first kappa shape index (κ1) is 96.2. The number of benzene rings is 4. The lowest BCUT2D eigenvalue weighted by Crippen LogP contribution is -2.54. The number of amides is 9. The molecule has 4 aliphatic heterocycles. The highest BCUT2D eigenvalue weighted by molar-refractivity contribution is 6.26. The fraction of sp³-hybridized carbons (Fsp3) is 0.453. The molecule has 666 valence electrons. The molecule has 4 aromatic heterocycles. The van der Waals surface area contributed by atoms with Crippen LogP contribution >= 0.6 is 0 Å². The minimum atomic E-state index is -0.966. The molecular formula is C95H118N11O19+. The van der Waals surface area contributed by atoms with Crippen LogP contribution in [0.3, 0.4) is 0 Å². The molecule has 0 radical (unpaired) electrons. The van der Waals surface area contributed by atoms with Gasteiger partial charge in [-0.15, -0.1) is 0 Å². The quantitative estimate of drug-likeness (QED) is 0.0104. The zero-order valence-electron chi connectivity index (χ0n) is 72.8. The van der Waals surface area contributed by atoms with Gasteiger partial charge in [0.05, 0.1) is 67.0 Å². The molecule has 9 amide bonds. The van der Waals surface area contributed by atoms with Gasteiger partial charge in [-0.3, -0.25) is 92.7 Å². The number of carbonyl (C=O) groups excluding carboxylic acids is 12. The highest BCUT2D eigenvalue weighted by Gasteiger charge is 2.47. The Bertz CT molecular complexity index is 5440. The molecule has 0 bridgehead atoms. The highest BCUT2D eigenvalue weighted by Crippen LogP contribution is 2.41. The number of esters is 2. The average molecular weight is 1720 g/mol. The topological polar surface area (TPSA) is 382 Å². The maximum absolute atomic E-state index is 13.3. The van der Waals surface area contributed by atoms with Gasteiger partial charge in [0.2, 0.25) is 29.5 Å². The summed E-state index contributed by atoms with van der Waals surface area (Å²) in [6.45, 7) is 16.3. The van der Waals surface area contributed by atoms with Crippen molar-refractivity contribution < 1.29 is 80.8 Å². The van der Waals surface area contributed by atoms with Gasteiger partial charge in [0.15, 0.2) is 0 Å². The number of aryl methyl sites for hydroxylation is 3. The van der Waals surface area contributed by atoms with E-state index in [4.69, 9.17) is 28.1 Å². The SMILES string of the molecule is C.C=[O+]c1cc(-c2cn(C)c(=O)c3cnccc23)cc(OC)c1CNCC(=O)OC(C)(C)C.CC(C)(C)OC(=O)CCCCCCCCCNc1cccc2c1C(=O)N(C1CCC(=O)NC1=O)C2=O.COc1cc(-c2cn(C)c(=O)c3cnccc23)cc(OC)c1CCCC(=O)NCCCCCCCCCc1cccc2c1C(=O)N(C1CCC(=O)NC1=O)C2=O. The number of aromatic nitrogens is 4. The van der Waals surface area contributed by atoms with Crippen molar-refractivity contribution in [2.75, 3.05) is 46.3 Å². The average Bonchev–Trinajstić information content (AvgIpc) is 1.72. The van der Waals surface area contributed by atoms with Crippen molar-refractivity contribution in [1.29, 1.82) is 0 Å². The number of ether oxygens (including phenoxy) is 5. The van der Waals surface area contributed by atoms with Gasteiger partial charge in [-0.2, -0.15) is 0 Å². The Morgan fingerprint density at radius 2 is 0.976 bits per heavy atom. The van der Waals surface area contributed by atoms with Gasteiger partial charge in [-0.05, 0) is 175 Å². The summed E-state index contributed by atoms with van der Waals surface area (Å²) in [7, 11) is 8.20. The maximum atomic E-state index is 13.3. The van der Waals surface area contributed by atoms with Crippen molar-refractivity contribution >= 4 is 99.1 Å². The lowest BCUT2D eigenvalue weighted by Gasteiger charge is -2.27. The number of hydrogen-bond acceptors (Lipinski definition) is 22. The molecule has 2 unspecified atom stereocenters. The molecule has 4 aliphatic rings. The number of fused-ring (bicyclic) bond motifs is 4. The lowest BCUT2D eigenvalue weighted by atomic mass is 9.97. The molecule has 2 fully saturated rings. The first-order chi connectivity index (χ1) is 59.3. The van der Waals surface area contributed by atoms with E-state index in [0.29, 0.717) is 108 Å². The van der Waals surface area contributed by atoms with Crippen LogP contribution in [-0.2, 0) is 80.9 Å². The molecule has 5 N–H and O–H groups in total. The fourth-order valence-electron chi connectivity index (χ4n) is 15.8. The van der Waals surface area contributed by atoms with E-state index < -0.39 is 70.5 Å². The number of imide groups is 4. The standard InChI is InChI=1S/C43H49N5O8.C27H37N3O6.C24H28N3O5.CH4/c1-47-26-33(29-20-22-44-25-32(29)41(47)52)28-23-35(55-2)30(36(24-28)56-3)15-12-17-37(49)45-21-10-8-6-4-5-7-9-13-27-14-11-16-31-39(27)43(54)48(42(31)53)34-18-19-38(50)46-40(34)51;1-27(2,3)36-22(32)14-9-7-5-4-6-8-10-17-28-19-13-11-12-18-23(19)26(35)30(25(18)34)20-15-16-21(31)29-24(20)33;1-24(2,3)32-22(28)13-26-12-18-20(30-5)9-15(10-21(18)31-6)19-14-27(4)23(29)17-11-25-8-7-16(17)19;/h11,14,16,20,22-26,34H,4-10,12-13,15,17-19,21H2,1-3H3,(H,45,49)(H,46,50,51);11-13,20,28H,4-10,14-17H2,1-3H3,(H,29,31,33);7-11,14,26H,5,12-13H2,1-4,6H3;1H4/q;;+1;. The van der Waals surface area contributed by atoms with Gasteiger partial charge >= 0.3 is 17.7 Å². The smallest absolute Gasteiger partial charge is 0.360 e. The van der Waals surface area contributed by atoms with E-state index in [1.54, 1.807) is 114 Å². The molecule has 0 spiro atoms. The van der Waals surface area contributed by atoms with E-state index in [9.17, 15) is 62.3 Å². The number of nitrogens with one attached hydrogen (secondary N) is 5. The van der Waals surface area contributed by atoms with Gasteiger partial charge in [-0.25, -0.2) is 4.42 Å². The Morgan fingerprint density at radius 3 is 1.49 bits per heavy atom. The number of rotatable bonds is 37. The van der Waals surface area contributed by atoms with Crippen LogP contribution in [0, 0.1) is 0 Å². The molecule has 2 atom stereocenters. The molecule has 8 aromatic rings. The van der Waals surface area contributed by atoms with Crippen LogP contribution in [-0.4, -0.2) is 165 Å². The number of unbranched alkanes of at least 4 members (excludes halogenated alkanes) is 12. The van der Waals surface area contributed by atoms with Crippen molar-refractivity contribution in [3.05, 3.63) is 170 Å². The molecule has 8 heterocycles. The van der Waals surface area contributed by atoms with Crippen molar-refractivity contribution in [3.63, 3.8) is 0 Å². The largest absolute Gasteiger partial charge is 0.496 e. The Morgan fingerprint density at radius 1 is 0.512 bits per heavy atom. The molecule has 0 aliphatic carbocycles. The number of pyridine rings is 4. The number of methoxy groups -OCH3 is 3. The Kier molecular flexibility index (Phi) is 34.4. The summed E-state index contributed by atoms with van der Waals surface area (Å²) in [4.78, 5) is 172. The van der Waals surface area contributed by atoms with Gasteiger partial charge in [0.1, 0.15) is 46.1 Å². The van der Waals surface area contributed by atoms with Crippen LogP contribution < -0.4 is 51.9 Å². The third-order valence-corrected chi connectivity index (χ3v) is 21.8. The van der Waals surface area contributed by atoms with Crippen LogP contribution in [0.5, 0.6) is 23.0 Å². The first-order valence-corrected chi connectivity index (χ1v) is 42.4. The number of piperidine rings is 2. The van der Waals surface area contributed by atoms with Gasteiger partial charge in [0, 0.05) is 119 Å². The van der Waals surface area contributed by atoms with Crippen LogP contribution in [0.1, 0.15) is 242 Å². The van der Waals surface area contributed by atoms with Crippen molar-refractivity contribution in [2.45, 2.75) is 226 Å². The summed E-state index contributed by atoms with van der Waals surface area (Å²) in [6, 6.07) is 19.6. The Labute approximate surface area is 728 Å². The molecule has 30 nitrogen and oxygen atoms in total. The van der Waals surface area contributed by atoms with Crippen LogP contribution in [0.25, 0.3) is 43.8 Å². The fourth-order valence-corrected chi connectivity index (χ4v) is 15.8. The number of hydrogen-bond donors (Lipinski definition) is 5. The van der Waals surface area contributed by atoms with Crippen LogP contribution in [0.4, 0.5) is 5.69 Å². The summed E-state index contributed by atoms with van der Waals surface area (Å²) in [5.41, 5.74) is 6.37. The summed E-state index contributed by atoms with van der Waals surface area (Å²) in [5, 5.41) is 16.4. The third-order valence-electron chi connectivity index (χ3n) is 21.8. The highest BCUT2D eigenvalue weighted by atomic mass is 16.6. The number of anilines is 1. The summed E-state index contributed by atoms with van der Waals surface area (Å²) in [5.74, 6) is -2.05. The zero-order chi connectivity index (χ0) is 89.5. The minimum absolute atomic E-state index is 0. The zero-order valence-corrected chi connectivity index (χ0v) is 72.8. The van der Waals surface area contributed by atoms with Crippen molar-refractivity contribution in [2.24, 2.45) is 14.1 Å². The second-order valence-electron chi connectivity index (χ2n) is 33.2. The van der Waals surface area contributed by atoms with E-state index in [1.807, 2.05) is 77.9 Å². The molecule has 0 saturated carbocycles. The first-order valence-electron chi connectivity index (χ1n) is 42.4. The molecule has 4 aromatic carbocycles. The number of carbonyl (C=O) groups is 11. The van der Waals surface area contributed by atoms with E-state index in [0.717, 1.165) is 144 Å². The molecule has 125 heavy (non-hydrogen) atoms. The second-order valence-corrected chi connectivity index (χ2v) is 33.2. The maximum Gasteiger partial charge on any atom is 0.360 e. The monoisotopic (exact) mass is 1720 g/mol. The van der Waals surface area contributed by atoms with Gasteiger partial charge in [-0.1, -0.05) is 89.8 Å². The third kappa shape index (κ3) is 24.9. The predicted molar refractivity (Wildman–Crippen MR) is 475 cm³/mol. The predicted octanol–water partition coefficient (Wildman–Crippen LogP) is 13.1. The summed E-state index contributed by atoms with van der Waals surface area (Å²) >= 11 is 0. The van der Waals surface area contributed by atoms with Crippen LogP contribution in [0.2, 0.25) is 0 Å². The second kappa shape index (κ2) is 44.6. The van der Waals surface area contributed by atoms with Gasteiger partial charge < -0.3 is 48.8 Å². The van der Waals surface area contributed by atoms with Crippen LogP contribution in [0.15, 0.2) is 120 Å². The van der Waals surface area contributed by atoms with E-state index in [1.165, 1.54) is 4.57 Å². The molecule has 12 rings (SSSR count). The molecule has 30 heteroatoms. The van der Waals surface area contributed by atoms with Crippen molar-refractivity contribution in [1.82, 2.24) is 50.2 Å². The Hall–Kier alpha value is -12.6. The number of nitrogens with zero attached hydrogens (tertiary/aromatic N) is 6. The molecule has 2 saturated heterocycles. The van der Waals surface area contributed by atoms with E-state index >= 15 is 0 Å².